The normalized spacial score (nSPS) is 12.8. The molecule has 5 nitrogen and oxygen atoms in total. The Labute approximate surface area is 253 Å². The second-order valence-electron chi connectivity index (χ2n) is 11.1. The van der Waals surface area contributed by atoms with Crippen LogP contribution in [0.25, 0.3) is 60.8 Å². The number of para-hydroxylation sites is 3. The Morgan fingerprint density at radius 2 is 1.34 bits per heavy atom. The Bertz CT molecular complexity index is 2470. The van der Waals surface area contributed by atoms with Gasteiger partial charge in [0, 0.05) is 21.9 Å². The van der Waals surface area contributed by atoms with Crippen molar-refractivity contribution in [1.29, 1.82) is 0 Å². The molecule has 0 amide bonds. The molecule has 3 aliphatic rings. The zero-order chi connectivity index (χ0) is 29.2. The molecule has 5 aromatic carbocycles. The van der Waals surface area contributed by atoms with E-state index in [1.165, 1.54) is 27.3 Å². The molecule has 0 N–H and O–H groups in total. The Balaban J connectivity index is 1.32. The molecule has 0 atom stereocenters. The quantitative estimate of drug-likeness (QED) is 0.158. The number of anilines is 2. The molecule has 0 spiro atoms. The fourth-order valence-corrected chi connectivity index (χ4v) is 6.73. The van der Waals surface area contributed by atoms with Crippen LogP contribution in [-0.2, 0) is 0 Å². The van der Waals surface area contributed by atoms with E-state index in [9.17, 15) is 0 Å². The fourth-order valence-electron chi connectivity index (χ4n) is 6.73. The molecule has 3 heterocycles. The highest BCUT2D eigenvalue weighted by atomic mass is 16.3. The third-order valence-electron chi connectivity index (χ3n) is 8.70. The number of hydrogen-bond donors (Lipinski definition) is 0. The van der Waals surface area contributed by atoms with Gasteiger partial charge in [-0.1, -0.05) is 78.9 Å². The van der Waals surface area contributed by atoms with Gasteiger partial charge in [-0.2, -0.15) is 0 Å². The lowest BCUT2D eigenvalue weighted by atomic mass is 10.0. The van der Waals surface area contributed by atoms with E-state index < -0.39 is 0 Å². The first-order chi connectivity index (χ1) is 21.8. The zero-order valence-electron chi connectivity index (χ0n) is 23.8. The van der Waals surface area contributed by atoms with Crippen LogP contribution in [0.15, 0.2) is 148 Å². The van der Waals surface area contributed by atoms with Gasteiger partial charge in [0.15, 0.2) is 0 Å². The summed E-state index contributed by atoms with van der Waals surface area (Å²) in [6.07, 6.45) is 0. The minimum absolute atomic E-state index is 0.392. The van der Waals surface area contributed by atoms with Crippen molar-refractivity contribution in [2.45, 2.75) is 0 Å². The van der Waals surface area contributed by atoms with Crippen LogP contribution in [0.2, 0.25) is 0 Å². The summed E-state index contributed by atoms with van der Waals surface area (Å²) in [6.45, 7) is 4.31. The molecular formula is C39H26N4O. The summed E-state index contributed by atoms with van der Waals surface area (Å²) in [5.74, 6) is 1.80. The van der Waals surface area contributed by atoms with Crippen LogP contribution in [0.3, 0.4) is 0 Å². The highest BCUT2D eigenvalue weighted by Gasteiger charge is 2.26. The highest BCUT2D eigenvalue weighted by Crippen LogP contribution is 2.46. The van der Waals surface area contributed by atoms with Crippen LogP contribution in [-0.4, -0.2) is 18.0 Å². The molecule has 0 radical (unpaired) electrons. The molecule has 0 fully saturated rings. The lowest BCUT2D eigenvalue weighted by Gasteiger charge is -2.24. The molecular weight excluding hydrogens is 540 g/mol. The van der Waals surface area contributed by atoms with Crippen LogP contribution >= 0.6 is 0 Å². The highest BCUT2D eigenvalue weighted by molar-refractivity contribution is 6.03. The molecule has 1 aromatic heterocycles. The largest absolute Gasteiger partial charge is 0.456 e. The number of hydrogen-bond acceptors (Lipinski definition) is 4. The van der Waals surface area contributed by atoms with Gasteiger partial charge in [0.1, 0.15) is 23.8 Å². The Morgan fingerprint density at radius 1 is 0.636 bits per heavy atom. The molecule has 0 unspecified atom stereocenters. The molecule has 0 saturated carbocycles. The average Bonchev–Trinajstić information content (AvgIpc) is 3.38. The zero-order valence-corrected chi connectivity index (χ0v) is 23.8. The van der Waals surface area contributed by atoms with E-state index in [0.717, 1.165) is 56.0 Å². The predicted molar refractivity (Wildman–Crippen MR) is 181 cm³/mol. The maximum Gasteiger partial charge on any atom is 0.139 e. The molecule has 6 aromatic rings. The number of benzene rings is 6. The van der Waals surface area contributed by atoms with Gasteiger partial charge in [-0.3, -0.25) is 14.6 Å². The minimum atomic E-state index is 0.392. The number of nitrogens with zero attached hydrogens (tertiary/aromatic N) is 4. The SMILES string of the molecule is C=Nc1c2/c(=N\CN3c4ccccc4-c4ccccc4-n4c3cc3cc5ccccc5cc34)cccc-2oc2ccccc12. The van der Waals surface area contributed by atoms with Crippen LogP contribution in [0.4, 0.5) is 17.2 Å². The van der Waals surface area contributed by atoms with E-state index in [4.69, 9.17) is 9.41 Å². The van der Waals surface area contributed by atoms with Crippen LogP contribution in [0, 0.1) is 0 Å². The summed E-state index contributed by atoms with van der Waals surface area (Å²) in [6, 6.07) is 46.6. The molecule has 9 rings (SSSR count). The molecule has 5 heteroatoms. The van der Waals surface area contributed by atoms with Gasteiger partial charge >= 0.3 is 0 Å². The molecule has 208 valence electrons. The fraction of sp³-hybridized carbons (Fsp3) is 0.0256. The predicted octanol–water partition coefficient (Wildman–Crippen LogP) is 9.64. The van der Waals surface area contributed by atoms with E-state index in [-0.39, 0.29) is 0 Å². The van der Waals surface area contributed by atoms with Crippen molar-refractivity contribution in [1.82, 2.24) is 4.57 Å². The smallest absolute Gasteiger partial charge is 0.139 e. The van der Waals surface area contributed by atoms with Crippen molar-refractivity contribution in [3.63, 3.8) is 0 Å². The molecule has 2 aliphatic heterocycles. The number of fused-ring (bicyclic) bond motifs is 10. The van der Waals surface area contributed by atoms with Crippen LogP contribution in [0.1, 0.15) is 0 Å². The molecule has 44 heavy (non-hydrogen) atoms. The summed E-state index contributed by atoms with van der Waals surface area (Å²) >= 11 is 0. The topological polar surface area (TPSA) is 46.0 Å². The summed E-state index contributed by atoms with van der Waals surface area (Å²) < 4.78 is 8.69. The summed E-state index contributed by atoms with van der Waals surface area (Å²) in [4.78, 5) is 12.0. The van der Waals surface area contributed by atoms with E-state index in [1.807, 2.05) is 42.5 Å². The van der Waals surface area contributed by atoms with Crippen molar-refractivity contribution < 1.29 is 4.42 Å². The molecule has 1 aliphatic carbocycles. The standard InChI is InChI=1S/C39H26N4O/c1-40-39-30-15-6-9-19-35(30)44-36-20-10-16-31(38(36)39)41-24-42-32-17-7-4-13-28(32)29-14-5-8-18-33(29)43-34-22-26-12-3-2-11-25(26)21-27(34)23-37(42)43/h2-23H,1,24H2/b41-31-. The van der Waals surface area contributed by atoms with Gasteiger partial charge in [0.2, 0.25) is 0 Å². The van der Waals surface area contributed by atoms with Crippen molar-refractivity contribution in [2.24, 2.45) is 9.98 Å². The third-order valence-corrected chi connectivity index (χ3v) is 8.70. The maximum atomic E-state index is 6.31. The summed E-state index contributed by atoms with van der Waals surface area (Å²) in [7, 11) is 0. The van der Waals surface area contributed by atoms with Crippen LogP contribution in [0.5, 0.6) is 0 Å². The average molecular weight is 567 g/mol. The summed E-state index contributed by atoms with van der Waals surface area (Å²) in [5, 5.41) is 5.35. The van der Waals surface area contributed by atoms with Gasteiger partial charge in [-0.15, -0.1) is 0 Å². The third kappa shape index (κ3) is 3.59. The van der Waals surface area contributed by atoms with E-state index in [1.54, 1.807) is 0 Å². The Kier molecular flexibility index (Phi) is 5.34. The van der Waals surface area contributed by atoms with Crippen molar-refractivity contribution in [3.05, 3.63) is 139 Å². The van der Waals surface area contributed by atoms with Gasteiger partial charge in [0.25, 0.3) is 0 Å². The second kappa shape index (κ2) is 9.54. The first kappa shape index (κ1) is 24.6. The number of aliphatic imine (C=N–C) groups is 1. The monoisotopic (exact) mass is 566 g/mol. The lowest BCUT2D eigenvalue weighted by molar-refractivity contribution is 0.618. The summed E-state index contributed by atoms with van der Waals surface area (Å²) in [5.41, 5.74) is 8.19. The van der Waals surface area contributed by atoms with Gasteiger partial charge in [-0.25, -0.2) is 0 Å². The van der Waals surface area contributed by atoms with Gasteiger partial charge < -0.3 is 9.32 Å². The first-order valence-corrected chi connectivity index (χ1v) is 14.7. The molecule has 0 saturated heterocycles. The first-order valence-electron chi connectivity index (χ1n) is 14.7. The van der Waals surface area contributed by atoms with Crippen LogP contribution < -0.4 is 10.3 Å². The lowest BCUT2D eigenvalue weighted by Crippen LogP contribution is -2.22. The van der Waals surface area contributed by atoms with Gasteiger partial charge in [0.05, 0.1) is 33.5 Å². The van der Waals surface area contributed by atoms with Crippen molar-refractivity contribution in [2.75, 3.05) is 11.6 Å². The Hall–Kier alpha value is -5.94. The minimum Gasteiger partial charge on any atom is -0.456 e. The Morgan fingerprint density at radius 3 is 2.18 bits per heavy atom. The van der Waals surface area contributed by atoms with Gasteiger partial charge in [-0.05, 0) is 72.1 Å². The van der Waals surface area contributed by atoms with Crippen molar-refractivity contribution in [3.8, 4) is 28.1 Å². The maximum absolute atomic E-state index is 6.31. The van der Waals surface area contributed by atoms with Crippen molar-refractivity contribution >= 4 is 56.6 Å². The number of rotatable bonds is 3. The number of aromatic nitrogens is 1. The van der Waals surface area contributed by atoms with E-state index >= 15 is 0 Å². The second-order valence-corrected chi connectivity index (χ2v) is 11.1. The van der Waals surface area contributed by atoms with E-state index in [2.05, 4.69) is 112 Å². The van der Waals surface area contributed by atoms with E-state index in [0.29, 0.717) is 6.67 Å². The molecule has 0 bridgehead atoms.